The number of rotatable bonds is 5. The number of anilines is 1. The molecule has 0 atom stereocenters. The smallest absolute Gasteiger partial charge is 0.228 e. The van der Waals surface area contributed by atoms with Gasteiger partial charge in [0, 0.05) is 0 Å². The molecular weight excluding hydrogens is 263 g/mol. The molecule has 0 radical (unpaired) electrons. The minimum atomic E-state index is -0.325. The third-order valence-electron chi connectivity index (χ3n) is 2.43. The van der Waals surface area contributed by atoms with Crippen molar-refractivity contribution < 1.29 is 14.0 Å². The molecule has 104 valence electrons. The van der Waals surface area contributed by atoms with Crippen LogP contribution >= 0.6 is 0 Å². The quantitative estimate of drug-likeness (QED) is 0.664. The van der Waals surface area contributed by atoms with Crippen LogP contribution in [-0.2, 0) is 11.4 Å². The molecule has 1 aromatic heterocycles. The Kier molecular flexibility index (Phi) is 4.43. The van der Waals surface area contributed by atoms with E-state index >= 15 is 0 Å². The lowest BCUT2D eigenvalue weighted by atomic mass is 10.2. The zero-order chi connectivity index (χ0) is 14.4. The van der Waals surface area contributed by atoms with Gasteiger partial charge in [0.15, 0.2) is 0 Å². The average molecular weight is 276 g/mol. The summed E-state index contributed by atoms with van der Waals surface area (Å²) in [7, 11) is 1.41. The summed E-state index contributed by atoms with van der Waals surface area (Å²) in [5, 5.41) is 3.61. The van der Waals surface area contributed by atoms with Crippen LogP contribution in [-0.4, -0.2) is 23.3 Å². The van der Waals surface area contributed by atoms with Gasteiger partial charge in [-0.1, -0.05) is 17.3 Å². The second-order valence-electron chi connectivity index (χ2n) is 3.81. The molecule has 7 heteroatoms. The molecule has 0 aliphatic carbocycles. The van der Waals surface area contributed by atoms with E-state index in [1.807, 2.05) is 0 Å². The van der Waals surface area contributed by atoms with Crippen LogP contribution in [0.25, 0.3) is 0 Å². The van der Waals surface area contributed by atoms with Crippen LogP contribution in [0, 0.1) is 5.82 Å². The Hall–Kier alpha value is -2.70. The predicted molar refractivity (Wildman–Crippen MR) is 71.8 cm³/mol. The Morgan fingerprint density at radius 2 is 2.25 bits per heavy atom. The second kappa shape index (κ2) is 6.46. The number of benzene rings is 1. The molecule has 0 saturated carbocycles. The van der Waals surface area contributed by atoms with E-state index in [2.05, 4.69) is 20.0 Å². The highest BCUT2D eigenvalue weighted by atomic mass is 19.1. The van der Waals surface area contributed by atoms with Gasteiger partial charge in [0.25, 0.3) is 0 Å². The summed E-state index contributed by atoms with van der Waals surface area (Å²) in [6.45, 7) is 0.155. The van der Waals surface area contributed by atoms with Crippen molar-refractivity contribution in [3.63, 3.8) is 0 Å². The van der Waals surface area contributed by atoms with Gasteiger partial charge in [-0.2, -0.15) is 0 Å². The molecular formula is C13H13FN4O2. The minimum Gasteiger partial charge on any atom is -0.472 e. The van der Waals surface area contributed by atoms with Crippen LogP contribution in [0.5, 0.6) is 5.88 Å². The van der Waals surface area contributed by atoms with E-state index in [1.165, 1.54) is 31.8 Å². The van der Waals surface area contributed by atoms with E-state index in [0.717, 1.165) is 0 Å². The Labute approximate surface area is 115 Å². The fraction of sp³-hybridized carbons (Fsp3) is 0.154. The van der Waals surface area contributed by atoms with Crippen LogP contribution in [0.1, 0.15) is 11.1 Å². The third kappa shape index (κ3) is 3.41. The van der Waals surface area contributed by atoms with Gasteiger partial charge in [0.05, 0.1) is 6.21 Å². The monoisotopic (exact) mass is 276 g/mol. The molecule has 0 unspecified atom stereocenters. The summed E-state index contributed by atoms with van der Waals surface area (Å²) in [5.74, 6) is 0.145. The Morgan fingerprint density at radius 3 is 3.00 bits per heavy atom. The fourth-order valence-corrected chi connectivity index (χ4v) is 1.51. The molecule has 20 heavy (non-hydrogen) atoms. The van der Waals surface area contributed by atoms with Crippen molar-refractivity contribution in [2.75, 3.05) is 12.8 Å². The SMILES string of the molecule is CO/N=C\c1c(N)ncnc1OCc1cccc(F)c1. The largest absolute Gasteiger partial charge is 0.472 e. The van der Waals surface area contributed by atoms with Crippen molar-refractivity contribution in [2.45, 2.75) is 6.61 Å². The first-order valence-electron chi connectivity index (χ1n) is 5.75. The maximum atomic E-state index is 13.1. The standard InChI is InChI=1S/C13H13FN4O2/c1-19-18-6-11-12(15)16-8-17-13(11)20-7-9-3-2-4-10(14)5-9/h2-6,8H,7H2,1H3,(H2,15,16,17)/b18-6-. The maximum absolute atomic E-state index is 13.1. The number of hydrogen-bond acceptors (Lipinski definition) is 6. The molecule has 0 saturated heterocycles. The Balaban J connectivity index is 2.17. The zero-order valence-corrected chi connectivity index (χ0v) is 10.8. The highest BCUT2D eigenvalue weighted by Gasteiger charge is 2.09. The summed E-state index contributed by atoms with van der Waals surface area (Å²) >= 11 is 0. The number of halogens is 1. The summed E-state index contributed by atoms with van der Waals surface area (Å²) in [6.07, 6.45) is 2.64. The molecule has 0 fully saturated rings. The second-order valence-corrected chi connectivity index (χ2v) is 3.81. The molecule has 2 N–H and O–H groups in total. The van der Waals surface area contributed by atoms with Gasteiger partial charge in [-0.3, -0.25) is 0 Å². The predicted octanol–water partition coefficient (Wildman–Crippen LogP) is 1.76. The van der Waals surface area contributed by atoms with Crippen molar-refractivity contribution in [3.05, 3.63) is 47.5 Å². The highest BCUT2D eigenvalue weighted by Crippen LogP contribution is 2.18. The van der Waals surface area contributed by atoms with E-state index in [1.54, 1.807) is 12.1 Å². The van der Waals surface area contributed by atoms with Crippen LogP contribution in [0.2, 0.25) is 0 Å². The molecule has 6 nitrogen and oxygen atoms in total. The van der Waals surface area contributed by atoms with Crippen LogP contribution in [0.4, 0.5) is 10.2 Å². The van der Waals surface area contributed by atoms with E-state index in [9.17, 15) is 4.39 Å². The average Bonchev–Trinajstić information content (AvgIpc) is 2.44. The number of oxime groups is 1. The zero-order valence-electron chi connectivity index (χ0n) is 10.8. The number of hydrogen-bond donors (Lipinski definition) is 1. The lowest BCUT2D eigenvalue weighted by molar-refractivity contribution is 0.215. The first-order chi connectivity index (χ1) is 9.70. The van der Waals surface area contributed by atoms with Crippen molar-refractivity contribution in [2.24, 2.45) is 5.16 Å². The van der Waals surface area contributed by atoms with E-state index in [0.29, 0.717) is 11.1 Å². The minimum absolute atomic E-state index is 0.155. The first-order valence-corrected chi connectivity index (χ1v) is 5.75. The Bertz CT molecular complexity index is 619. The number of aromatic nitrogens is 2. The number of nitrogen functional groups attached to an aromatic ring is 1. The molecule has 0 aliphatic rings. The lowest BCUT2D eigenvalue weighted by Crippen LogP contribution is -2.05. The van der Waals surface area contributed by atoms with Gasteiger partial charge >= 0.3 is 0 Å². The fourth-order valence-electron chi connectivity index (χ4n) is 1.51. The normalized spacial score (nSPS) is 10.7. The molecule has 2 rings (SSSR count). The molecule has 1 heterocycles. The summed E-state index contributed by atoms with van der Waals surface area (Å²) in [6, 6.07) is 6.10. The van der Waals surface area contributed by atoms with Crippen molar-refractivity contribution >= 4 is 12.0 Å². The van der Waals surface area contributed by atoms with Crippen molar-refractivity contribution in [1.82, 2.24) is 9.97 Å². The van der Waals surface area contributed by atoms with Gasteiger partial charge in [0.1, 0.15) is 37.2 Å². The van der Waals surface area contributed by atoms with Crippen LogP contribution in [0.15, 0.2) is 35.7 Å². The van der Waals surface area contributed by atoms with Gasteiger partial charge in [-0.15, -0.1) is 0 Å². The van der Waals surface area contributed by atoms with Crippen molar-refractivity contribution in [3.8, 4) is 5.88 Å². The van der Waals surface area contributed by atoms with E-state index < -0.39 is 0 Å². The van der Waals surface area contributed by atoms with Gasteiger partial charge in [0.2, 0.25) is 5.88 Å². The van der Waals surface area contributed by atoms with Crippen LogP contribution in [0.3, 0.4) is 0 Å². The molecule has 0 bridgehead atoms. The lowest BCUT2D eigenvalue weighted by Gasteiger charge is -2.08. The summed E-state index contributed by atoms with van der Waals surface area (Å²) in [4.78, 5) is 12.4. The van der Waals surface area contributed by atoms with Crippen LogP contribution < -0.4 is 10.5 Å². The molecule has 1 aromatic carbocycles. The van der Waals surface area contributed by atoms with E-state index in [4.69, 9.17) is 10.5 Å². The number of nitrogens with two attached hydrogens (primary N) is 1. The topological polar surface area (TPSA) is 82.6 Å². The summed E-state index contributed by atoms with van der Waals surface area (Å²) in [5.41, 5.74) is 6.80. The third-order valence-corrected chi connectivity index (χ3v) is 2.43. The van der Waals surface area contributed by atoms with Gasteiger partial charge in [-0.25, -0.2) is 14.4 Å². The number of ether oxygens (including phenoxy) is 1. The number of nitrogens with zero attached hydrogens (tertiary/aromatic N) is 3. The Morgan fingerprint density at radius 1 is 1.40 bits per heavy atom. The first kappa shape index (κ1) is 13.7. The molecule has 2 aromatic rings. The molecule has 0 spiro atoms. The van der Waals surface area contributed by atoms with Crippen molar-refractivity contribution in [1.29, 1.82) is 0 Å². The highest BCUT2D eigenvalue weighted by molar-refractivity contribution is 5.87. The van der Waals surface area contributed by atoms with Gasteiger partial charge in [-0.05, 0) is 17.7 Å². The molecule has 0 aliphatic heterocycles. The van der Waals surface area contributed by atoms with E-state index in [-0.39, 0.29) is 24.1 Å². The van der Waals surface area contributed by atoms with Gasteiger partial charge < -0.3 is 15.3 Å². The maximum Gasteiger partial charge on any atom is 0.228 e. The molecule has 0 amide bonds. The summed E-state index contributed by atoms with van der Waals surface area (Å²) < 4.78 is 18.6.